The number of nitrogens with one attached hydrogen (secondary N) is 1. The van der Waals surface area contributed by atoms with Crippen molar-refractivity contribution in [3.05, 3.63) is 65.2 Å². The Morgan fingerprint density at radius 3 is 2.70 bits per heavy atom. The van der Waals surface area contributed by atoms with Gasteiger partial charge in [0.05, 0.1) is 5.56 Å². The molecule has 1 N–H and O–H groups in total. The van der Waals surface area contributed by atoms with Crippen LogP contribution in [0.25, 0.3) is 0 Å². The average Bonchev–Trinajstić information content (AvgIpc) is 3.11. The zero-order valence-corrected chi connectivity index (χ0v) is 15.2. The van der Waals surface area contributed by atoms with Crippen molar-refractivity contribution >= 4 is 23.5 Å². The number of hydrogen-bond donors (Lipinski definition) is 1. The van der Waals surface area contributed by atoms with Crippen LogP contribution in [0.4, 0.5) is 5.69 Å². The Labute approximate surface area is 158 Å². The van der Waals surface area contributed by atoms with Gasteiger partial charge in [-0.05, 0) is 42.7 Å². The van der Waals surface area contributed by atoms with Crippen LogP contribution in [0, 0.1) is 6.92 Å². The van der Waals surface area contributed by atoms with Gasteiger partial charge in [0.15, 0.2) is 6.61 Å². The highest BCUT2D eigenvalue weighted by atomic mass is 16.5. The molecule has 0 saturated carbocycles. The van der Waals surface area contributed by atoms with E-state index in [2.05, 4.69) is 5.32 Å². The maximum Gasteiger partial charge on any atom is 0.338 e. The molecule has 0 unspecified atom stereocenters. The van der Waals surface area contributed by atoms with Crippen molar-refractivity contribution in [3.63, 3.8) is 0 Å². The van der Waals surface area contributed by atoms with Crippen molar-refractivity contribution in [2.24, 2.45) is 0 Å². The van der Waals surface area contributed by atoms with Crippen LogP contribution in [-0.2, 0) is 20.9 Å². The molecule has 6 nitrogen and oxygen atoms in total. The molecule has 1 heterocycles. The predicted molar refractivity (Wildman–Crippen MR) is 101 cm³/mol. The van der Waals surface area contributed by atoms with Crippen molar-refractivity contribution in [1.29, 1.82) is 0 Å². The van der Waals surface area contributed by atoms with Gasteiger partial charge in [0, 0.05) is 25.2 Å². The SMILES string of the molecule is Cc1ccccc1CNC(=O)COC(=O)c1cccc(N2CCCC2=O)c1. The van der Waals surface area contributed by atoms with Gasteiger partial charge >= 0.3 is 5.97 Å². The molecule has 1 aliphatic heterocycles. The third kappa shape index (κ3) is 4.73. The minimum Gasteiger partial charge on any atom is -0.452 e. The van der Waals surface area contributed by atoms with Crippen molar-refractivity contribution in [3.8, 4) is 0 Å². The van der Waals surface area contributed by atoms with Gasteiger partial charge in [-0.3, -0.25) is 9.59 Å². The van der Waals surface area contributed by atoms with Gasteiger partial charge in [0.1, 0.15) is 0 Å². The van der Waals surface area contributed by atoms with Crippen LogP contribution in [0.3, 0.4) is 0 Å². The van der Waals surface area contributed by atoms with Gasteiger partial charge in [-0.2, -0.15) is 0 Å². The number of hydrogen-bond acceptors (Lipinski definition) is 4. The Balaban J connectivity index is 1.52. The van der Waals surface area contributed by atoms with Gasteiger partial charge in [-0.1, -0.05) is 30.3 Å². The number of carbonyl (C=O) groups excluding carboxylic acids is 3. The smallest absolute Gasteiger partial charge is 0.338 e. The highest BCUT2D eigenvalue weighted by molar-refractivity contribution is 5.97. The molecule has 27 heavy (non-hydrogen) atoms. The van der Waals surface area contributed by atoms with Crippen LogP contribution < -0.4 is 10.2 Å². The van der Waals surface area contributed by atoms with Crippen LogP contribution in [0.1, 0.15) is 34.3 Å². The van der Waals surface area contributed by atoms with E-state index in [1.807, 2.05) is 31.2 Å². The Kier molecular flexibility index (Phi) is 5.86. The van der Waals surface area contributed by atoms with E-state index < -0.39 is 5.97 Å². The first-order valence-corrected chi connectivity index (χ1v) is 8.93. The lowest BCUT2D eigenvalue weighted by atomic mass is 10.1. The summed E-state index contributed by atoms with van der Waals surface area (Å²) in [6, 6.07) is 14.5. The van der Waals surface area contributed by atoms with Gasteiger partial charge in [0.25, 0.3) is 5.91 Å². The van der Waals surface area contributed by atoms with Gasteiger partial charge in [-0.15, -0.1) is 0 Å². The molecule has 2 aromatic carbocycles. The summed E-state index contributed by atoms with van der Waals surface area (Å²) in [5.41, 5.74) is 3.10. The van der Waals surface area contributed by atoms with Gasteiger partial charge in [-0.25, -0.2) is 4.79 Å². The minimum absolute atomic E-state index is 0.0519. The number of amides is 2. The molecule has 2 amide bonds. The minimum atomic E-state index is -0.588. The van der Waals surface area contributed by atoms with Crippen molar-refractivity contribution in [1.82, 2.24) is 5.32 Å². The number of rotatable bonds is 6. The molecule has 6 heteroatoms. The fraction of sp³-hybridized carbons (Fsp3) is 0.286. The summed E-state index contributed by atoms with van der Waals surface area (Å²) >= 11 is 0. The monoisotopic (exact) mass is 366 g/mol. The zero-order valence-electron chi connectivity index (χ0n) is 15.2. The molecule has 0 aromatic heterocycles. The molecule has 0 atom stereocenters. The van der Waals surface area contributed by atoms with Crippen LogP contribution >= 0.6 is 0 Å². The topological polar surface area (TPSA) is 75.7 Å². The summed E-state index contributed by atoms with van der Waals surface area (Å²) < 4.78 is 5.10. The van der Waals surface area contributed by atoms with Crippen LogP contribution in [-0.4, -0.2) is 30.9 Å². The molecule has 1 aliphatic rings. The Morgan fingerprint density at radius 2 is 1.96 bits per heavy atom. The zero-order chi connectivity index (χ0) is 19.2. The molecule has 0 spiro atoms. The molecule has 2 aromatic rings. The summed E-state index contributed by atoms with van der Waals surface area (Å²) in [6.45, 7) is 2.66. The van der Waals surface area contributed by atoms with Gasteiger partial charge < -0.3 is 15.0 Å². The van der Waals surface area contributed by atoms with E-state index in [0.29, 0.717) is 30.8 Å². The first-order chi connectivity index (χ1) is 13.0. The molecule has 3 rings (SSSR count). The normalized spacial score (nSPS) is 13.5. The van der Waals surface area contributed by atoms with Crippen LogP contribution in [0.15, 0.2) is 48.5 Å². The van der Waals surface area contributed by atoms with Gasteiger partial charge in [0.2, 0.25) is 5.91 Å². The number of esters is 1. The van der Waals surface area contributed by atoms with E-state index in [1.165, 1.54) is 0 Å². The Hall–Kier alpha value is -3.15. The molecule has 1 fully saturated rings. The van der Waals surface area contributed by atoms with E-state index in [0.717, 1.165) is 17.5 Å². The Bertz CT molecular complexity index is 863. The van der Waals surface area contributed by atoms with Crippen molar-refractivity contribution < 1.29 is 19.1 Å². The molecule has 1 saturated heterocycles. The first kappa shape index (κ1) is 18.6. The molecule has 0 bridgehead atoms. The standard InChI is InChI=1S/C21H22N2O4/c1-15-6-2-3-7-17(15)13-22-19(24)14-27-21(26)16-8-4-9-18(12-16)23-11-5-10-20(23)25/h2-4,6-9,12H,5,10-11,13-14H2,1H3,(H,22,24). The highest BCUT2D eigenvalue weighted by Crippen LogP contribution is 2.22. The largest absolute Gasteiger partial charge is 0.452 e. The van der Waals surface area contributed by atoms with Crippen LogP contribution in [0.2, 0.25) is 0 Å². The maximum atomic E-state index is 12.2. The highest BCUT2D eigenvalue weighted by Gasteiger charge is 2.22. The lowest BCUT2D eigenvalue weighted by molar-refractivity contribution is -0.124. The summed E-state index contributed by atoms with van der Waals surface area (Å²) in [5.74, 6) is -0.900. The number of nitrogens with zero attached hydrogens (tertiary/aromatic N) is 1. The number of benzene rings is 2. The molecule has 0 aliphatic carbocycles. The average molecular weight is 366 g/mol. The Morgan fingerprint density at radius 1 is 1.15 bits per heavy atom. The second-order valence-corrected chi connectivity index (χ2v) is 6.48. The number of aryl methyl sites for hydroxylation is 1. The first-order valence-electron chi connectivity index (χ1n) is 8.93. The third-order valence-electron chi connectivity index (χ3n) is 4.54. The molecular formula is C21H22N2O4. The van der Waals surface area contributed by atoms with Crippen LogP contribution in [0.5, 0.6) is 0 Å². The number of carbonyl (C=O) groups is 3. The van der Waals surface area contributed by atoms with Crippen molar-refractivity contribution in [2.75, 3.05) is 18.1 Å². The third-order valence-corrected chi connectivity index (χ3v) is 4.54. The fourth-order valence-electron chi connectivity index (χ4n) is 2.99. The summed E-state index contributed by atoms with van der Waals surface area (Å²) in [7, 11) is 0. The summed E-state index contributed by atoms with van der Waals surface area (Å²) in [5, 5.41) is 2.74. The van der Waals surface area contributed by atoms with E-state index >= 15 is 0 Å². The van der Waals surface area contributed by atoms with E-state index in [9.17, 15) is 14.4 Å². The lowest BCUT2D eigenvalue weighted by Gasteiger charge is -2.16. The second-order valence-electron chi connectivity index (χ2n) is 6.48. The lowest BCUT2D eigenvalue weighted by Crippen LogP contribution is -2.28. The molecule has 140 valence electrons. The summed E-state index contributed by atoms with van der Waals surface area (Å²) in [4.78, 5) is 37.7. The van der Waals surface area contributed by atoms with E-state index in [-0.39, 0.29) is 18.4 Å². The number of ether oxygens (including phenoxy) is 1. The number of anilines is 1. The van der Waals surface area contributed by atoms with E-state index in [1.54, 1.807) is 29.2 Å². The molecule has 0 radical (unpaired) electrons. The fourth-order valence-corrected chi connectivity index (χ4v) is 2.99. The molecular weight excluding hydrogens is 344 g/mol. The second kappa shape index (κ2) is 8.49. The predicted octanol–water partition coefficient (Wildman–Crippen LogP) is 2.60. The maximum absolute atomic E-state index is 12.2. The van der Waals surface area contributed by atoms with E-state index in [4.69, 9.17) is 4.74 Å². The van der Waals surface area contributed by atoms with Crippen molar-refractivity contribution in [2.45, 2.75) is 26.3 Å². The summed E-state index contributed by atoms with van der Waals surface area (Å²) in [6.07, 6.45) is 1.34. The quantitative estimate of drug-likeness (QED) is 0.798.